The number of allylic oxidation sites excluding steroid dienone is 1. The first kappa shape index (κ1) is 11.3. The number of hydrogen-bond acceptors (Lipinski definition) is 4. The Morgan fingerprint density at radius 1 is 1.18 bits per heavy atom. The minimum Gasteiger partial charge on any atom is -0.510 e. The normalized spacial score (nSPS) is 17.1. The van der Waals surface area contributed by atoms with Gasteiger partial charge in [0.2, 0.25) is 0 Å². The number of amides is 1. The highest BCUT2D eigenvalue weighted by atomic mass is 16.3. The van der Waals surface area contributed by atoms with Crippen LogP contribution in [0, 0.1) is 0 Å². The molecule has 1 aliphatic rings. The fourth-order valence-corrected chi connectivity index (χ4v) is 1.50. The molecule has 0 saturated carbocycles. The summed E-state index contributed by atoms with van der Waals surface area (Å²) < 4.78 is 0. The van der Waals surface area contributed by atoms with Crippen molar-refractivity contribution in [2.75, 3.05) is 6.54 Å². The van der Waals surface area contributed by atoms with Crippen LogP contribution in [0.1, 0.15) is 12.8 Å². The van der Waals surface area contributed by atoms with Crippen LogP contribution in [0.4, 0.5) is 5.69 Å². The topological polar surface area (TPSA) is 74.0 Å². The first-order chi connectivity index (χ1) is 8.27. The summed E-state index contributed by atoms with van der Waals surface area (Å²) in [7, 11) is 0. The molecule has 1 aromatic rings. The molecule has 5 heteroatoms. The molecule has 1 aliphatic heterocycles. The number of benzene rings is 1. The monoisotopic (exact) mass is 231 g/mol. The molecular formula is C12H13N3O2. The zero-order valence-electron chi connectivity index (χ0n) is 9.26. The van der Waals surface area contributed by atoms with Gasteiger partial charge in [-0.1, -0.05) is 18.2 Å². The van der Waals surface area contributed by atoms with Gasteiger partial charge in [-0.05, 0) is 18.6 Å². The van der Waals surface area contributed by atoms with E-state index < -0.39 is 0 Å². The molecule has 0 aliphatic carbocycles. The summed E-state index contributed by atoms with van der Waals surface area (Å²) in [6.45, 7) is 0.549. The minimum absolute atomic E-state index is 0.000295. The van der Waals surface area contributed by atoms with Crippen molar-refractivity contribution < 1.29 is 9.90 Å². The van der Waals surface area contributed by atoms with Crippen molar-refractivity contribution >= 4 is 11.6 Å². The number of hydrogen-bond donors (Lipinski definition) is 2. The Morgan fingerprint density at radius 3 is 2.71 bits per heavy atom. The quantitative estimate of drug-likeness (QED) is 0.767. The number of nitrogens with one attached hydrogen (secondary N) is 1. The van der Waals surface area contributed by atoms with Gasteiger partial charge in [-0.3, -0.25) is 4.79 Å². The average molecular weight is 231 g/mol. The van der Waals surface area contributed by atoms with Gasteiger partial charge in [0, 0.05) is 13.0 Å². The molecule has 0 fully saturated rings. The maximum atomic E-state index is 11.6. The molecule has 0 radical (unpaired) electrons. The van der Waals surface area contributed by atoms with Gasteiger partial charge in [0.25, 0.3) is 5.91 Å². The first-order valence-electron chi connectivity index (χ1n) is 5.44. The van der Waals surface area contributed by atoms with Crippen LogP contribution in [0.5, 0.6) is 0 Å². The van der Waals surface area contributed by atoms with Gasteiger partial charge >= 0.3 is 0 Å². The molecule has 1 aromatic carbocycles. The molecular weight excluding hydrogens is 218 g/mol. The maximum Gasteiger partial charge on any atom is 0.275 e. The number of azo groups is 1. The Morgan fingerprint density at radius 2 is 1.94 bits per heavy atom. The summed E-state index contributed by atoms with van der Waals surface area (Å²) in [5, 5.41) is 20.0. The van der Waals surface area contributed by atoms with E-state index in [1.165, 1.54) is 0 Å². The molecule has 88 valence electrons. The SMILES string of the molecule is O=C1NCCCC(O)=C1N=Nc1ccccc1. The predicted molar refractivity (Wildman–Crippen MR) is 62.9 cm³/mol. The molecule has 0 bridgehead atoms. The lowest BCUT2D eigenvalue weighted by atomic mass is 10.2. The Kier molecular flexibility index (Phi) is 3.49. The van der Waals surface area contributed by atoms with Crippen LogP contribution in [0.25, 0.3) is 0 Å². The third-order valence-corrected chi connectivity index (χ3v) is 2.39. The van der Waals surface area contributed by atoms with Gasteiger partial charge in [-0.15, -0.1) is 5.11 Å². The van der Waals surface area contributed by atoms with Crippen molar-refractivity contribution in [2.45, 2.75) is 12.8 Å². The van der Waals surface area contributed by atoms with E-state index in [1.807, 2.05) is 18.2 Å². The lowest BCUT2D eigenvalue weighted by molar-refractivity contribution is -0.117. The Balaban J connectivity index is 2.21. The number of aliphatic hydroxyl groups excluding tert-OH is 1. The molecule has 2 rings (SSSR count). The smallest absolute Gasteiger partial charge is 0.275 e. The first-order valence-corrected chi connectivity index (χ1v) is 5.44. The van der Waals surface area contributed by atoms with Crippen LogP contribution in [0.3, 0.4) is 0 Å². The third-order valence-electron chi connectivity index (χ3n) is 2.39. The molecule has 0 spiro atoms. The maximum absolute atomic E-state index is 11.6. The summed E-state index contributed by atoms with van der Waals surface area (Å²) in [6.07, 6.45) is 1.16. The van der Waals surface area contributed by atoms with Gasteiger partial charge in [-0.2, -0.15) is 5.11 Å². The van der Waals surface area contributed by atoms with E-state index in [4.69, 9.17) is 0 Å². The van der Waals surface area contributed by atoms with Crippen molar-refractivity contribution in [1.82, 2.24) is 5.32 Å². The average Bonchev–Trinajstić information content (AvgIpc) is 2.50. The van der Waals surface area contributed by atoms with Crippen LogP contribution in [-0.2, 0) is 4.79 Å². The summed E-state index contributed by atoms with van der Waals surface area (Å²) in [5.74, 6) is -0.376. The van der Waals surface area contributed by atoms with Gasteiger partial charge in [0.05, 0.1) is 5.69 Å². The molecule has 0 saturated heterocycles. The Hall–Kier alpha value is -2.17. The zero-order chi connectivity index (χ0) is 12.1. The largest absolute Gasteiger partial charge is 0.510 e. The van der Waals surface area contributed by atoms with E-state index in [9.17, 15) is 9.90 Å². The number of nitrogens with zero attached hydrogens (tertiary/aromatic N) is 2. The summed E-state index contributed by atoms with van der Waals surface area (Å²) >= 11 is 0. The molecule has 0 aromatic heterocycles. The molecule has 17 heavy (non-hydrogen) atoms. The van der Waals surface area contributed by atoms with Crippen LogP contribution in [0.15, 0.2) is 52.0 Å². The highest BCUT2D eigenvalue weighted by Gasteiger charge is 2.17. The second kappa shape index (κ2) is 5.25. The Bertz CT molecular complexity index is 466. The molecule has 1 heterocycles. The fraction of sp³-hybridized carbons (Fsp3) is 0.250. The highest BCUT2D eigenvalue weighted by Crippen LogP contribution is 2.17. The van der Waals surface area contributed by atoms with Crippen molar-refractivity contribution in [3.05, 3.63) is 41.8 Å². The molecule has 1 amide bonds. The molecule has 5 nitrogen and oxygen atoms in total. The minimum atomic E-state index is -0.375. The molecule has 2 N–H and O–H groups in total. The second-order valence-electron chi connectivity index (χ2n) is 3.69. The lowest BCUT2D eigenvalue weighted by Crippen LogP contribution is -2.23. The summed E-state index contributed by atoms with van der Waals surface area (Å²) in [5.41, 5.74) is 0.649. The standard InChI is InChI=1S/C12H13N3O2/c16-10-7-4-8-13-12(17)11(10)15-14-9-5-2-1-3-6-9/h1-3,5-6,16H,4,7-8H2,(H,13,17). The van der Waals surface area contributed by atoms with Gasteiger partial charge < -0.3 is 10.4 Å². The van der Waals surface area contributed by atoms with Gasteiger partial charge in [0.1, 0.15) is 5.76 Å². The van der Waals surface area contributed by atoms with Crippen LogP contribution >= 0.6 is 0 Å². The van der Waals surface area contributed by atoms with Gasteiger partial charge in [-0.25, -0.2) is 0 Å². The van der Waals surface area contributed by atoms with E-state index in [1.54, 1.807) is 12.1 Å². The highest BCUT2D eigenvalue weighted by molar-refractivity contribution is 5.93. The van der Waals surface area contributed by atoms with Crippen molar-refractivity contribution in [3.63, 3.8) is 0 Å². The number of aliphatic hydroxyl groups is 1. The number of rotatable bonds is 2. The summed E-state index contributed by atoms with van der Waals surface area (Å²) in [6, 6.07) is 9.07. The van der Waals surface area contributed by atoms with E-state index in [0.717, 1.165) is 0 Å². The predicted octanol–water partition coefficient (Wildman–Crippen LogP) is 2.45. The van der Waals surface area contributed by atoms with Crippen molar-refractivity contribution in [1.29, 1.82) is 0 Å². The van der Waals surface area contributed by atoms with Gasteiger partial charge in [0.15, 0.2) is 5.70 Å². The van der Waals surface area contributed by atoms with Crippen molar-refractivity contribution in [3.8, 4) is 0 Å². The van der Waals surface area contributed by atoms with Crippen LogP contribution in [-0.4, -0.2) is 17.6 Å². The number of carbonyl (C=O) groups is 1. The second-order valence-corrected chi connectivity index (χ2v) is 3.69. The lowest BCUT2D eigenvalue weighted by Gasteiger charge is -1.99. The van der Waals surface area contributed by atoms with E-state index in [-0.39, 0.29) is 17.4 Å². The zero-order valence-corrected chi connectivity index (χ0v) is 9.26. The van der Waals surface area contributed by atoms with E-state index >= 15 is 0 Å². The Labute approximate surface area is 98.9 Å². The van der Waals surface area contributed by atoms with Crippen LogP contribution < -0.4 is 5.32 Å². The summed E-state index contributed by atoms with van der Waals surface area (Å²) in [4.78, 5) is 11.6. The van der Waals surface area contributed by atoms with E-state index in [2.05, 4.69) is 15.5 Å². The van der Waals surface area contributed by atoms with E-state index in [0.29, 0.717) is 25.1 Å². The van der Waals surface area contributed by atoms with Crippen LogP contribution in [0.2, 0.25) is 0 Å². The van der Waals surface area contributed by atoms with Crippen molar-refractivity contribution in [2.24, 2.45) is 10.2 Å². The molecule has 0 unspecified atom stereocenters. The molecule has 0 atom stereocenters. The number of carbonyl (C=O) groups excluding carboxylic acids is 1. The third kappa shape index (κ3) is 2.90. The fourth-order valence-electron chi connectivity index (χ4n) is 1.50.